The molecule has 3 aromatic rings. The Morgan fingerprint density at radius 2 is 1.00 bits per heavy atom. The second kappa shape index (κ2) is 9.81. The van der Waals surface area contributed by atoms with Crippen molar-refractivity contribution < 1.29 is 0 Å². The van der Waals surface area contributed by atoms with Crippen LogP contribution in [0.3, 0.4) is 0 Å². The van der Waals surface area contributed by atoms with Crippen LogP contribution in [0.4, 0.5) is 11.4 Å². The molecule has 0 unspecified atom stereocenters. The Morgan fingerprint density at radius 3 is 1.41 bits per heavy atom. The molecule has 1 aliphatic rings. The van der Waals surface area contributed by atoms with Gasteiger partial charge in [0.25, 0.3) is 0 Å². The van der Waals surface area contributed by atoms with E-state index in [-0.39, 0.29) is 5.41 Å². The summed E-state index contributed by atoms with van der Waals surface area (Å²) in [5, 5.41) is 0. The normalized spacial score (nSPS) is 15.9. The number of hydrogen-bond donors (Lipinski definition) is 0. The average Bonchev–Trinajstić information content (AvgIpc) is 3.07. The van der Waals surface area contributed by atoms with E-state index in [0.29, 0.717) is 5.92 Å². The van der Waals surface area contributed by atoms with Crippen LogP contribution in [0.15, 0.2) is 78.9 Å². The summed E-state index contributed by atoms with van der Waals surface area (Å²) in [4.78, 5) is 4.37. The Bertz CT molecular complexity index is 912. The van der Waals surface area contributed by atoms with Crippen LogP contribution in [0.2, 0.25) is 0 Å². The molecular formula is C30H38N2. The molecule has 2 nitrogen and oxygen atoms in total. The van der Waals surface area contributed by atoms with Crippen LogP contribution in [0.5, 0.6) is 0 Å². The summed E-state index contributed by atoms with van der Waals surface area (Å²) in [7, 11) is 8.46. The van der Waals surface area contributed by atoms with E-state index >= 15 is 0 Å². The second-order valence-electron chi connectivity index (χ2n) is 9.84. The van der Waals surface area contributed by atoms with Crippen LogP contribution in [-0.4, -0.2) is 28.2 Å². The Morgan fingerprint density at radius 1 is 0.562 bits per heavy atom. The Kier molecular flexibility index (Phi) is 6.89. The van der Waals surface area contributed by atoms with Crippen molar-refractivity contribution in [1.29, 1.82) is 0 Å². The fourth-order valence-electron chi connectivity index (χ4n) is 5.63. The predicted octanol–water partition coefficient (Wildman–Crippen LogP) is 7.24. The van der Waals surface area contributed by atoms with Gasteiger partial charge in [0, 0.05) is 50.9 Å². The van der Waals surface area contributed by atoms with Crippen molar-refractivity contribution in [3.8, 4) is 0 Å². The summed E-state index contributed by atoms with van der Waals surface area (Å²) in [6.07, 6.45) is 7.79. The van der Waals surface area contributed by atoms with Crippen molar-refractivity contribution in [3.05, 3.63) is 95.6 Å². The zero-order chi connectivity index (χ0) is 22.6. The van der Waals surface area contributed by atoms with E-state index < -0.39 is 0 Å². The maximum Gasteiger partial charge on any atom is 0.0361 e. The van der Waals surface area contributed by atoms with Crippen LogP contribution < -0.4 is 9.80 Å². The summed E-state index contributed by atoms with van der Waals surface area (Å²) in [6.45, 7) is 0. The number of rotatable bonds is 6. The molecule has 0 spiro atoms. The number of hydrogen-bond acceptors (Lipinski definition) is 2. The van der Waals surface area contributed by atoms with Gasteiger partial charge in [-0.05, 0) is 53.8 Å². The molecule has 1 aliphatic carbocycles. The van der Waals surface area contributed by atoms with Crippen molar-refractivity contribution in [2.45, 2.75) is 49.9 Å². The van der Waals surface area contributed by atoms with Gasteiger partial charge in [0.05, 0.1) is 0 Å². The molecule has 0 N–H and O–H groups in total. The van der Waals surface area contributed by atoms with Crippen molar-refractivity contribution in [2.75, 3.05) is 38.0 Å². The average molecular weight is 427 g/mol. The highest BCUT2D eigenvalue weighted by Crippen LogP contribution is 2.51. The smallest absolute Gasteiger partial charge is 0.0361 e. The Hall–Kier alpha value is -2.74. The van der Waals surface area contributed by atoms with Gasteiger partial charge in [0.1, 0.15) is 0 Å². The first-order chi connectivity index (χ1) is 15.5. The van der Waals surface area contributed by atoms with Crippen molar-refractivity contribution in [3.63, 3.8) is 0 Å². The van der Waals surface area contributed by atoms with Gasteiger partial charge in [-0.15, -0.1) is 0 Å². The number of nitrogens with zero attached hydrogens (tertiary/aromatic N) is 2. The van der Waals surface area contributed by atoms with Crippen molar-refractivity contribution in [2.24, 2.45) is 0 Å². The molecule has 32 heavy (non-hydrogen) atoms. The molecule has 0 radical (unpaired) electrons. The molecule has 0 atom stereocenters. The van der Waals surface area contributed by atoms with Gasteiger partial charge in [0.2, 0.25) is 0 Å². The van der Waals surface area contributed by atoms with E-state index in [0.717, 1.165) is 0 Å². The molecule has 0 aliphatic heterocycles. The second-order valence-corrected chi connectivity index (χ2v) is 9.84. The SMILES string of the molecule is CN(C)c1ccc(C(c2ccc(N(C)C)cc2)C2(c3ccccc3)CCCCCC2)cc1. The number of benzene rings is 3. The van der Waals surface area contributed by atoms with E-state index in [2.05, 4.69) is 117 Å². The lowest BCUT2D eigenvalue weighted by Gasteiger charge is -2.42. The minimum atomic E-state index is 0.122. The topological polar surface area (TPSA) is 6.48 Å². The van der Waals surface area contributed by atoms with Gasteiger partial charge in [-0.1, -0.05) is 80.3 Å². The molecule has 2 heteroatoms. The highest BCUT2D eigenvalue weighted by molar-refractivity contribution is 5.53. The van der Waals surface area contributed by atoms with Crippen molar-refractivity contribution >= 4 is 11.4 Å². The van der Waals surface area contributed by atoms with E-state index in [1.807, 2.05) is 0 Å². The van der Waals surface area contributed by atoms with Gasteiger partial charge in [-0.2, -0.15) is 0 Å². The maximum absolute atomic E-state index is 2.38. The fourth-order valence-corrected chi connectivity index (χ4v) is 5.63. The maximum atomic E-state index is 2.38. The lowest BCUT2D eigenvalue weighted by Crippen LogP contribution is -2.34. The first-order valence-electron chi connectivity index (χ1n) is 12.1. The fraction of sp³-hybridized carbons (Fsp3) is 0.400. The molecule has 3 aromatic carbocycles. The lowest BCUT2D eigenvalue weighted by molar-refractivity contribution is 0.328. The first-order valence-corrected chi connectivity index (χ1v) is 12.1. The summed E-state index contributed by atoms with van der Waals surface area (Å²) in [6, 6.07) is 30.0. The summed E-state index contributed by atoms with van der Waals surface area (Å²) in [5.74, 6) is 0.343. The predicted molar refractivity (Wildman–Crippen MR) is 139 cm³/mol. The largest absolute Gasteiger partial charge is 0.378 e. The standard InChI is InChI=1S/C30H38N2/c1-31(2)27-18-14-24(15-19-27)29(25-16-20-28(21-17-25)32(3)4)30(22-10-5-6-11-23-30)26-12-8-7-9-13-26/h7-9,12-21,29H,5-6,10-11,22-23H2,1-4H3. The van der Waals surface area contributed by atoms with Crippen LogP contribution >= 0.6 is 0 Å². The zero-order valence-corrected chi connectivity index (χ0v) is 20.2. The molecule has 0 bridgehead atoms. The third kappa shape index (κ3) is 4.55. The van der Waals surface area contributed by atoms with E-state index in [9.17, 15) is 0 Å². The third-order valence-electron chi connectivity index (χ3n) is 7.38. The monoisotopic (exact) mass is 426 g/mol. The number of anilines is 2. The summed E-state index contributed by atoms with van der Waals surface area (Å²) in [5.41, 5.74) is 6.99. The van der Waals surface area contributed by atoms with Gasteiger partial charge < -0.3 is 9.80 Å². The zero-order valence-electron chi connectivity index (χ0n) is 20.2. The lowest BCUT2D eigenvalue weighted by atomic mass is 9.61. The molecule has 4 rings (SSSR count). The summed E-state index contributed by atoms with van der Waals surface area (Å²) >= 11 is 0. The Balaban J connectivity index is 1.89. The molecule has 1 fully saturated rings. The molecule has 0 amide bonds. The van der Waals surface area contributed by atoms with Gasteiger partial charge >= 0.3 is 0 Å². The third-order valence-corrected chi connectivity index (χ3v) is 7.38. The van der Waals surface area contributed by atoms with E-state index in [1.165, 1.54) is 66.6 Å². The quantitative estimate of drug-likeness (QED) is 0.383. The van der Waals surface area contributed by atoms with Crippen LogP contribution in [-0.2, 0) is 5.41 Å². The first kappa shape index (κ1) is 22.5. The molecule has 1 saturated carbocycles. The highest BCUT2D eigenvalue weighted by Gasteiger charge is 2.42. The van der Waals surface area contributed by atoms with E-state index in [1.54, 1.807) is 0 Å². The molecule has 0 aromatic heterocycles. The van der Waals surface area contributed by atoms with Crippen molar-refractivity contribution in [1.82, 2.24) is 0 Å². The minimum absolute atomic E-state index is 0.122. The molecular weight excluding hydrogens is 388 g/mol. The highest BCUT2D eigenvalue weighted by atomic mass is 15.1. The van der Waals surface area contributed by atoms with Crippen LogP contribution in [0.1, 0.15) is 61.1 Å². The molecule has 0 saturated heterocycles. The van der Waals surface area contributed by atoms with E-state index in [4.69, 9.17) is 0 Å². The molecule has 168 valence electrons. The van der Waals surface area contributed by atoms with Gasteiger partial charge in [-0.25, -0.2) is 0 Å². The minimum Gasteiger partial charge on any atom is -0.378 e. The Labute approximate surface area is 194 Å². The van der Waals surface area contributed by atoms with Crippen LogP contribution in [0.25, 0.3) is 0 Å². The molecule has 0 heterocycles. The van der Waals surface area contributed by atoms with Crippen LogP contribution in [0, 0.1) is 0 Å². The van der Waals surface area contributed by atoms with Gasteiger partial charge in [0.15, 0.2) is 0 Å². The summed E-state index contributed by atoms with van der Waals surface area (Å²) < 4.78 is 0. The van der Waals surface area contributed by atoms with Gasteiger partial charge in [-0.3, -0.25) is 0 Å².